The third-order valence-electron chi connectivity index (χ3n) is 3.10. The van der Waals surface area contributed by atoms with Crippen LogP contribution < -0.4 is 4.72 Å². The van der Waals surface area contributed by atoms with Crippen LogP contribution >= 0.6 is 0 Å². The molecule has 3 rings (SSSR count). The van der Waals surface area contributed by atoms with Gasteiger partial charge in [-0.2, -0.15) is 0 Å². The van der Waals surface area contributed by atoms with Gasteiger partial charge in [-0.3, -0.25) is 4.72 Å². The first kappa shape index (κ1) is 15.2. The van der Waals surface area contributed by atoms with E-state index in [0.29, 0.717) is 22.8 Å². The van der Waals surface area contributed by atoms with Crippen LogP contribution in [0.4, 0.5) is 5.69 Å². The Hall–Kier alpha value is -2.67. The fourth-order valence-electron chi connectivity index (χ4n) is 2.07. The summed E-state index contributed by atoms with van der Waals surface area (Å²) in [6, 6.07) is 12.6. The van der Waals surface area contributed by atoms with Crippen LogP contribution in [0, 0.1) is 0 Å². The Morgan fingerprint density at radius 3 is 2.74 bits per heavy atom. The number of hydrogen-bond acceptors (Lipinski definition) is 4. The average Bonchev–Trinajstić information content (AvgIpc) is 2.99. The molecule has 0 saturated carbocycles. The van der Waals surface area contributed by atoms with Crippen molar-refractivity contribution >= 4 is 28.3 Å². The number of anilines is 1. The minimum Gasteiger partial charge on any atom is -0.461 e. The van der Waals surface area contributed by atoms with Crippen LogP contribution in [0.1, 0.15) is 17.4 Å². The lowest BCUT2D eigenvalue weighted by molar-refractivity contribution is 0.0520. The Morgan fingerprint density at radius 2 is 2.00 bits per heavy atom. The summed E-state index contributed by atoms with van der Waals surface area (Å²) >= 11 is 0. The fraction of sp³-hybridized carbons (Fsp3) is 0.125. The average molecular weight is 329 g/mol. The maximum absolute atomic E-state index is 12.2. The number of hydrogen-bond donors (Lipinski definition) is 1. The number of nitrogens with zero attached hydrogens (tertiary/aromatic N) is 2. The van der Waals surface area contributed by atoms with E-state index >= 15 is 0 Å². The highest BCUT2D eigenvalue weighted by Gasteiger charge is 2.12. The maximum Gasteiger partial charge on any atom is 0.358 e. The van der Waals surface area contributed by atoms with Gasteiger partial charge >= 0.3 is 5.97 Å². The number of carbonyl (C=O) groups is 1. The van der Waals surface area contributed by atoms with Crippen molar-refractivity contribution in [1.82, 2.24) is 9.38 Å². The molecule has 1 N–H and O–H groups in total. The lowest BCUT2D eigenvalue weighted by Gasteiger charge is -2.06. The van der Waals surface area contributed by atoms with Gasteiger partial charge in [0.1, 0.15) is 16.6 Å². The molecule has 118 valence electrons. The Morgan fingerprint density at radius 1 is 1.22 bits per heavy atom. The highest BCUT2D eigenvalue weighted by Crippen LogP contribution is 2.15. The van der Waals surface area contributed by atoms with Crippen molar-refractivity contribution in [3.8, 4) is 0 Å². The van der Waals surface area contributed by atoms with Crippen molar-refractivity contribution in [2.75, 3.05) is 11.3 Å². The largest absolute Gasteiger partial charge is 0.461 e. The molecule has 6 nitrogen and oxygen atoms in total. The van der Waals surface area contributed by atoms with E-state index in [4.69, 9.17) is 4.74 Å². The molecule has 1 atom stereocenters. The molecule has 0 saturated heterocycles. The second-order valence-corrected chi connectivity index (χ2v) is 5.93. The molecule has 1 unspecified atom stereocenters. The number of carbonyl (C=O) groups excluding carboxylic acids is 1. The predicted octanol–water partition coefficient (Wildman–Crippen LogP) is 2.65. The van der Waals surface area contributed by atoms with Crippen molar-refractivity contribution in [3.63, 3.8) is 0 Å². The lowest BCUT2D eigenvalue weighted by atomic mass is 10.4. The minimum absolute atomic E-state index is 0.244. The van der Waals surface area contributed by atoms with Crippen molar-refractivity contribution in [3.05, 3.63) is 60.6 Å². The third kappa shape index (κ3) is 3.40. The zero-order valence-corrected chi connectivity index (χ0v) is 13.2. The normalized spacial score (nSPS) is 12.0. The Balaban J connectivity index is 1.83. The van der Waals surface area contributed by atoms with Gasteiger partial charge in [0.15, 0.2) is 5.69 Å². The van der Waals surface area contributed by atoms with E-state index in [1.54, 1.807) is 48.0 Å². The van der Waals surface area contributed by atoms with Gasteiger partial charge in [-0.15, -0.1) is 0 Å². The molecule has 0 aliphatic rings. The summed E-state index contributed by atoms with van der Waals surface area (Å²) in [4.78, 5) is 16.6. The number of esters is 1. The Kier molecular flexibility index (Phi) is 4.38. The van der Waals surface area contributed by atoms with Crippen LogP contribution in [0.3, 0.4) is 0 Å². The number of ether oxygens (including phenoxy) is 1. The number of benzene rings is 1. The second-order valence-electron chi connectivity index (χ2n) is 4.71. The number of nitrogens with one attached hydrogen (secondary N) is 1. The summed E-state index contributed by atoms with van der Waals surface area (Å²) in [5.41, 5.74) is 1.52. The maximum atomic E-state index is 12.2. The number of pyridine rings is 1. The Labute approximate surface area is 135 Å². The molecule has 0 amide bonds. The molecule has 0 fully saturated rings. The van der Waals surface area contributed by atoms with Crippen LogP contribution in [0.5, 0.6) is 0 Å². The molecule has 0 radical (unpaired) electrons. The number of aromatic nitrogens is 2. The van der Waals surface area contributed by atoms with Gasteiger partial charge in [0, 0.05) is 12.4 Å². The first-order valence-corrected chi connectivity index (χ1v) is 8.21. The van der Waals surface area contributed by atoms with Gasteiger partial charge in [-0.05, 0) is 31.2 Å². The van der Waals surface area contributed by atoms with Crippen LogP contribution in [0.25, 0.3) is 5.65 Å². The van der Waals surface area contributed by atoms with E-state index in [1.165, 1.54) is 0 Å². The van der Waals surface area contributed by atoms with E-state index < -0.39 is 17.0 Å². The van der Waals surface area contributed by atoms with Crippen molar-refractivity contribution in [2.45, 2.75) is 11.8 Å². The minimum atomic E-state index is -1.36. The number of imidazole rings is 1. The molecule has 3 aromatic rings. The highest BCUT2D eigenvalue weighted by atomic mass is 32.2. The van der Waals surface area contributed by atoms with Gasteiger partial charge in [0.25, 0.3) is 0 Å². The van der Waals surface area contributed by atoms with Crippen molar-refractivity contribution in [2.24, 2.45) is 0 Å². The molecule has 0 aliphatic heterocycles. The molecule has 0 bridgehead atoms. The second kappa shape index (κ2) is 6.62. The molecular formula is C16H15N3O3S. The van der Waals surface area contributed by atoms with E-state index in [0.717, 1.165) is 0 Å². The van der Waals surface area contributed by atoms with Gasteiger partial charge in [-0.25, -0.2) is 14.0 Å². The van der Waals surface area contributed by atoms with Crippen LogP contribution in [0.15, 0.2) is 59.8 Å². The summed E-state index contributed by atoms with van der Waals surface area (Å²) in [7, 11) is -1.36. The highest BCUT2D eigenvalue weighted by molar-refractivity contribution is 7.86. The summed E-state index contributed by atoms with van der Waals surface area (Å²) in [5.74, 6) is -0.460. The molecule has 0 spiro atoms. The quantitative estimate of drug-likeness (QED) is 0.730. The van der Waals surface area contributed by atoms with E-state index in [2.05, 4.69) is 9.71 Å². The lowest BCUT2D eigenvalue weighted by Crippen LogP contribution is -2.05. The number of fused-ring (bicyclic) bond motifs is 1. The summed E-state index contributed by atoms with van der Waals surface area (Å²) in [5, 5.41) is 0. The van der Waals surface area contributed by atoms with Crippen LogP contribution in [0.2, 0.25) is 0 Å². The smallest absolute Gasteiger partial charge is 0.358 e. The zero-order valence-electron chi connectivity index (χ0n) is 12.4. The Bertz CT molecular complexity index is 861. The van der Waals surface area contributed by atoms with Gasteiger partial charge in [-0.1, -0.05) is 18.2 Å². The first-order chi connectivity index (χ1) is 11.2. The summed E-state index contributed by atoms with van der Waals surface area (Å²) in [6.07, 6.45) is 3.32. The van der Waals surface area contributed by atoms with E-state index in [-0.39, 0.29) is 5.69 Å². The van der Waals surface area contributed by atoms with Crippen LogP contribution in [-0.4, -0.2) is 26.2 Å². The molecular weight excluding hydrogens is 314 g/mol. The molecule has 7 heteroatoms. The van der Waals surface area contributed by atoms with Gasteiger partial charge in [0.05, 0.1) is 17.2 Å². The SMILES string of the molecule is CCOC(=O)c1cn2cc(NS(=O)c3ccccc3)ccc2n1. The van der Waals surface area contributed by atoms with E-state index in [1.807, 2.05) is 18.2 Å². The molecule has 1 aromatic carbocycles. The molecule has 2 heterocycles. The monoisotopic (exact) mass is 329 g/mol. The standard InChI is InChI=1S/C16H15N3O3S/c1-2-22-16(20)14-11-19-10-12(8-9-15(19)17-14)18-23(21)13-6-4-3-5-7-13/h3-11,18H,2H2,1H3. The zero-order chi connectivity index (χ0) is 16.2. The molecule has 23 heavy (non-hydrogen) atoms. The topological polar surface area (TPSA) is 72.7 Å². The number of rotatable bonds is 5. The molecule has 0 aliphatic carbocycles. The third-order valence-corrected chi connectivity index (χ3v) is 4.22. The fourth-order valence-corrected chi connectivity index (χ4v) is 2.92. The van der Waals surface area contributed by atoms with E-state index in [9.17, 15) is 9.00 Å². The predicted molar refractivity (Wildman–Crippen MR) is 87.6 cm³/mol. The first-order valence-electron chi connectivity index (χ1n) is 7.06. The van der Waals surface area contributed by atoms with Crippen molar-refractivity contribution < 1.29 is 13.7 Å². The van der Waals surface area contributed by atoms with Gasteiger partial charge < -0.3 is 9.14 Å². The van der Waals surface area contributed by atoms with Gasteiger partial charge in [0.2, 0.25) is 0 Å². The summed E-state index contributed by atoms with van der Waals surface area (Å²) in [6.45, 7) is 2.05. The van der Waals surface area contributed by atoms with Crippen LogP contribution in [-0.2, 0) is 15.7 Å². The van der Waals surface area contributed by atoms with Crippen molar-refractivity contribution in [1.29, 1.82) is 0 Å². The molecule has 2 aromatic heterocycles. The summed E-state index contributed by atoms with van der Waals surface area (Å²) < 4.78 is 21.8.